The lowest BCUT2D eigenvalue weighted by atomic mass is 9.85. The van der Waals surface area contributed by atoms with E-state index in [4.69, 9.17) is 0 Å². The van der Waals surface area contributed by atoms with Crippen molar-refractivity contribution >= 4 is 11.8 Å². The number of benzene rings is 1. The molecule has 142 valence electrons. The molecule has 2 atom stereocenters. The molecule has 1 saturated heterocycles. The maximum absolute atomic E-state index is 13.5. The second-order valence-electron chi connectivity index (χ2n) is 8.25. The van der Waals surface area contributed by atoms with Crippen molar-refractivity contribution < 1.29 is 9.59 Å². The molecule has 2 amide bonds. The Hall–Kier alpha value is -1.84. The normalized spacial score (nSPS) is 28.4. The van der Waals surface area contributed by atoms with Gasteiger partial charge in [-0.1, -0.05) is 43.7 Å². The van der Waals surface area contributed by atoms with Crippen molar-refractivity contribution in [3.8, 4) is 0 Å². The van der Waals surface area contributed by atoms with E-state index in [0.717, 1.165) is 49.1 Å². The molecule has 4 heteroatoms. The van der Waals surface area contributed by atoms with Crippen LogP contribution in [0.15, 0.2) is 24.3 Å². The molecule has 1 saturated carbocycles. The van der Waals surface area contributed by atoms with E-state index in [0.29, 0.717) is 0 Å². The number of hydrogen-bond donors (Lipinski definition) is 0. The highest BCUT2D eigenvalue weighted by Crippen LogP contribution is 2.35. The van der Waals surface area contributed by atoms with E-state index in [1.807, 2.05) is 47.9 Å². The molecule has 0 spiro atoms. The van der Waals surface area contributed by atoms with Crippen molar-refractivity contribution in [1.29, 1.82) is 0 Å². The smallest absolute Gasteiger partial charge is 0.250 e. The Morgan fingerprint density at radius 1 is 1.08 bits per heavy atom. The van der Waals surface area contributed by atoms with E-state index in [9.17, 15) is 9.59 Å². The lowest BCUT2D eigenvalue weighted by Gasteiger charge is -2.47. The first-order valence-electron chi connectivity index (χ1n) is 10.1. The molecule has 4 nitrogen and oxygen atoms in total. The van der Waals surface area contributed by atoms with Gasteiger partial charge < -0.3 is 9.80 Å². The van der Waals surface area contributed by atoms with Crippen molar-refractivity contribution in [2.75, 3.05) is 6.54 Å². The number of rotatable bonds is 4. The van der Waals surface area contributed by atoms with E-state index in [1.54, 1.807) is 0 Å². The lowest BCUT2D eigenvalue weighted by Crippen LogP contribution is -2.60. The van der Waals surface area contributed by atoms with Crippen LogP contribution in [0.2, 0.25) is 0 Å². The number of piperazine rings is 1. The molecule has 2 unspecified atom stereocenters. The molecule has 1 aliphatic carbocycles. The zero-order valence-corrected chi connectivity index (χ0v) is 16.6. The molecular formula is C22H32N2O2. The minimum absolute atomic E-state index is 0.0614. The summed E-state index contributed by atoms with van der Waals surface area (Å²) in [5.41, 5.74) is 2.10. The van der Waals surface area contributed by atoms with Gasteiger partial charge in [0.05, 0.1) is 0 Å². The highest BCUT2D eigenvalue weighted by molar-refractivity contribution is 5.96. The first-order valence-corrected chi connectivity index (χ1v) is 10.1. The van der Waals surface area contributed by atoms with Gasteiger partial charge >= 0.3 is 0 Å². The third-order valence-electron chi connectivity index (χ3n) is 6.27. The van der Waals surface area contributed by atoms with Gasteiger partial charge in [0.25, 0.3) is 5.91 Å². The van der Waals surface area contributed by atoms with Gasteiger partial charge in [0.2, 0.25) is 5.91 Å². The predicted molar refractivity (Wildman–Crippen MR) is 104 cm³/mol. The molecule has 0 radical (unpaired) electrons. The fourth-order valence-corrected chi connectivity index (χ4v) is 4.34. The Kier molecular flexibility index (Phi) is 5.69. The molecule has 1 heterocycles. The number of carbonyl (C=O) groups is 2. The SMILES string of the molecule is CCC(C)N1C(=O)CN(C2CCC(C)CC2)C(=O)C1c1ccc(C)cc1. The third kappa shape index (κ3) is 3.65. The summed E-state index contributed by atoms with van der Waals surface area (Å²) < 4.78 is 0. The summed E-state index contributed by atoms with van der Waals surface area (Å²) >= 11 is 0. The lowest BCUT2D eigenvalue weighted by molar-refractivity contribution is -0.161. The van der Waals surface area contributed by atoms with Crippen LogP contribution in [0.4, 0.5) is 0 Å². The first kappa shape index (κ1) is 18.9. The van der Waals surface area contributed by atoms with Crippen LogP contribution in [0.25, 0.3) is 0 Å². The van der Waals surface area contributed by atoms with Gasteiger partial charge in [-0.05, 0) is 57.4 Å². The summed E-state index contributed by atoms with van der Waals surface area (Å²) in [5, 5.41) is 0. The molecule has 1 aromatic carbocycles. The molecule has 0 bridgehead atoms. The fraction of sp³-hybridized carbons (Fsp3) is 0.636. The topological polar surface area (TPSA) is 40.6 Å². The van der Waals surface area contributed by atoms with Crippen molar-refractivity contribution in [3.05, 3.63) is 35.4 Å². The Bertz CT molecular complexity index is 647. The van der Waals surface area contributed by atoms with E-state index >= 15 is 0 Å². The van der Waals surface area contributed by atoms with Crippen LogP contribution in [0.3, 0.4) is 0 Å². The maximum Gasteiger partial charge on any atom is 0.250 e. The summed E-state index contributed by atoms with van der Waals surface area (Å²) in [4.78, 5) is 30.3. The van der Waals surface area contributed by atoms with Gasteiger partial charge in [-0.2, -0.15) is 0 Å². The van der Waals surface area contributed by atoms with Gasteiger partial charge in [-0.15, -0.1) is 0 Å². The molecular weight excluding hydrogens is 324 g/mol. The number of aryl methyl sites for hydroxylation is 1. The molecule has 3 rings (SSSR count). The van der Waals surface area contributed by atoms with Gasteiger partial charge in [-0.25, -0.2) is 0 Å². The zero-order valence-electron chi connectivity index (χ0n) is 16.6. The summed E-state index contributed by atoms with van der Waals surface area (Å²) in [5.74, 6) is 0.919. The quantitative estimate of drug-likeness (QED) is 0.815. The zero-order chi connectivity index (χ0) is 18.8. The third-order valence-corrected chi connectivity index (χ3v) is 6.27. The standard InChI is InChI=1S/C22H32N2O2/c1-5-17(4)24-20(25)14-23(19-12-8-16(3)9-13-19)22(26)21(24)18-10-6-15(2)7-11-18/h6-7,10-11,16-17,19,21H,5,8-9,12-14H2,1-4H3. The van der Waals surface area contributed by atoms with E-state index in [-0.39, 0.29) is 30.4 Å². The van der Waals surface area contributed by atoms with E-state index < -0.39 is 6.04 Å². The Morgan fingerprint density at radius 3 is 2.27 bits per heavy atom. The van der Waals surface area contributed by atoms with Gasteiger partial charge in [0, 0.05) is 12.1 Å². The van der Waals surface area contributed by atoms with Crippen molar-refractivity contribution in [3.63, 3.8) is 0 Å². The first-order chi connectivity index (χ1) is 12.4. The van der Waals surface area contributed by atoms with Crippen LogP contribution in [0.5, 0.6) is 0 Å². The average molecular weight is 357 g/mol. The van der Waals surface area contributed by atoms with Gasteiger partial charge in [0.15, 0.2) is 0 Å². The van der Waals surface area contributed by atoms with Crippen LogP contribution in [0, 0.1) is 12.8 Å². The van der Waals surface area contributed by atoms with Crippen LogP contribution < -0.4 is 0 Å². The highest BCUT2D eigenvalue weighted by Gasteiger charge is 2.44. The van der Waals surface area contributed by atoms with E-state index in [1.165, 1.54) is 0 Å². The second-order valence-corrected chi connectivity index (χ2v) is 8.25. The summed E-state index contributed by atoms with van der Waals surface area (Å²) in [6, 6.07) is 7.87. The highest BCUT2D eigenvalue weighted by atomic mass is 16.2. The summed E-state index contributed by atoms with van der Waals surface area (Å²) in [7, 11) is 0. The number of hydrogen-bond acceptors (Lipinski definition) is 2. The van der Waals surface area contributed by atoms with Crippen LogP contribution in [-0.4, -0.2) is 40.2 Å². The van der Waals surface area contributed by atoms with E-state index in [2.05, 4.69) is 13.8 Å². The van der Waals surface area contributed by atoms with Crippen molar-refractivity contribution in [2.45, 2.75) is 77.9 Å². The van der Waals surface area contributed by atoms with Crippen LogP contribution in [0.1, 0.15) is 70.0 Å². The largest absolute Gasteiger partial charge is 0.328 e. The van der Waals surface area contributed by atoms with Crippen molar-refractivity contribution in [2.24, 2.45) is 5.92 Å². The predicted octanol–water partition coefficient (Wildman–Crippen LogP) is 4.08. The summed E-state index contributed by atoms with van der Waals surface area (Å²) in [6.45, 7) is 8.68. The minimum Gasteiger partial charge on any atom is -0.328 e. The minimum atomic E-state index is -0.480. The molecule has 1 aliphatic heterocycles. The number of amides is 2. The second kappa shape index (κ2) is 7.81. The molecule has 0 aromatic heterocycles. The molecule has 1 aromatic rings. The monoisotopic (exact) mass is 356 g/mol. The van der Waals surface area contributed by atoms with Crippen LogP contribution in [-0.2, 0) is 9.59 Å². The molecule has 0 N–H and O–H groups in total. The fourth-order valence-electron chi connectivity index (χ4n) is 4.34. The molecule has 2 aliphatic rings. The van der Waals surface area contributed by atoms with Gasteiger partial charge in [0.1, 0.15) is 12.6 Å². The summed E-state index contributed by atoms with van der Waals surface area (Å²) in [6.07, 6.45) is 5.18. The van der Waals surface area contributed by atoms with Gasteiger partial charge in [-0.3, -0.25) is 9.59 Å². The number of carbonyl (C=O) groups excluding carboxylic acids is 2. The Morgan fingerprint density at radius 2 is 1.69 bits per heavy atom. The van der Waals surface area contributed by atoms with Crippen molar-refractivity contribution in [1.82, 2.24) is 9.80 Å². The molecule has 2 fully saturated rings. The maximum atomic E-state index is 13.5. The average Bonchev–Trinajstić information content (AvgIpc) is 2.64. The Labute approximate surface area is 157 Å². The Balaban J connectivity index is 1.92. The number of nitrogens with zero attached hydrogens (tertiary/aromatic N) is 2. The molecule has 26 heavy (non-hydrogen) atoms. The van der Waals surface area contributed by atoms with Crippen LogP contribution >= 0.6 is 0 Å².